The van der Waals surface area contributed by atoms with Crippen molar-refractivity contribution in [3.05, 3.63) is 66.2 Å². The molecule has 0 unspecified atom stereocenters. The molecule has 0 spiro atoms. The molecule has 3 rings (SSSR count). The highest BCUT2D eigenvalue weighted by Crippen LogP contribution is 2.30. The van der Waals surface area contributed by atoms with Crippen molar-refractivity contribution in [2.45, 2.75) is 11.4 Å². The maximum absolute atomic E-state index is 12.6. The van der Waals surface area contributed by atoms with Crippen LogP contribution in [0.15, 0.2) is 65.6 Å². The lowest BCUT2D eigenvalue weighted by Crippen LogP contribution is -2.15. The van der Waals surface area contributed by atoms with E-state index in [1.165, 1.54) is 12.1 Å². The summed E-state index contributed by atoms with van der Waals surface area (Å²) >= 11 is 0. The number of para-hydroxylation sites is 1. The quantitative estimate of drug-likeness (QED) is 0.642. The molecule has 23 heavy (non-hydrogen) atoms. The molecular weight excluding hydrogens is 312 g/mol. The van der Waals surface area contributed by atoms with Crippen LogP contribution in [0.5, 0.6) is 5.75 Å². The molecule has 118 valence electrons. The van der Waals surface area contributed by atoms with Gasteiger partial charge in [-0.2, -0.15) is 0 Å². The maximum Gasteiger partial charge on any atom is 0.262 e. The Bertz CT molecular complexity index is 968. The first-order valence-corrected chi connectivity index (χ1v) is 8.52. The predicted molar refractivity (Wildman–Crippen MR) is 90.8 cm³/mol. The van der Waals surface area contributed by atoms with Crippen LogP contribution in [0.1, 0.15) is 5.56 Å². The van der Waals surface area contributed by atoms with Crippen molar-refractivity contribution in [1.82, 2.24) is 0 Å². The molecule has 6 heteroatoms. The topological polar surface area (TPSA) is 92.4 Å². The van der Waals surface area contributed by atoms with Crippen LogP contribution in [0.4, 0.5) is 5.69 Å². The summed E-state index contributed by atoms with van der Waals surface area (Å²) in [5.41, 5.74) is 6.24. The van der Waals surface area contributed by atoms with E-state index in [-0.39, 0.29) is 22.9 Å². The zero-order valence-corrected chi connectivity index (χ0v) is 13.0. The number of anilines is 1. The number of nitrogens with two attached hydrogens (primary N) is 1. The number of nitrogens with one attached hydrogen (secondary N) is 1. The molecule has 0 amide bonds. The minimum Gasteiger partial charge on any atom is -0.506 e. The first-order valence-electron chi connectivity index (χ1n) is 7.04. The van der Waals surface area contributed by atoms with Gasteiger partial charge < -0.3 is 10.8 Å². The molecule has 3 aromatic rings. The Balaban J connectivity index is 2.04. The van der Waals surface area contributed by atoms with Gasteiger partial charge in [-0.25, -0.2) is 8.42 Å². The molecule has 0 aliphatic carbocycles. The Morgan fingerprint density at radius 1 is 0.957 bits per heavy atom. The number of benzene rings is 3. The first kappa shape index (κ1) is 15.3. The summed E-state index contributed by atoms with van der Waals surface area (Å²) in [4.78, 5) is 0.127. The number of phenolic OH excluding ortho intramolecular Hbond substituents is 1. The van der Waals surface area contributed by atoms with E-state index in [0.29, 0.717) is 5.56 Å². The van der Waals surface area contributed by atoms with Gasteiger partial charge in [0.15, 0.2) is 0 Å². The van der Waals surface area contributed by atoms with Crippen LogP contribution in [0, 0.1) is 0 Å². The number of fused-ring (bicyclic) bond motifs is 1. The molecule has 0 aromatic heterocycles. The molecule has 0 fully saturated rings. The monoisotopic (exact) mass is 328 g/mol. The predicted octanol–water partition coefficient (Wildman–Crippen LogP) is 2.80. The third kappa shape index (κ3) is 2.99. The SMILES string of the molecule is NCc1cccc(O)c1NS(=O)(=O)c1ccc2ccccc2c1. The van der Waals surface area contributed by atoms with Crippen LogP contribution in [-0.2, 0) is 16.6 Å². The first-order chi connectivity index (χ1) is 11.0. The minimum atomic E-state index is -3.83. The van der Waals surface area contributed by atoms with Crippen molar-refractivity contribution in [3.63, 3.8) is 0 Å². The van der Waals surface area contributed by atoms with Crippen molar-refractivity contribution in [1.29, 1.82) is 0 Å². The summed E-state index contributed by atoms with van der Waals surface area (Å²) in [5.74, 6) is -0.155. The summed E-state index contributed by atoms with van der Waals surface area (Å²) in [6.07, 6.45) is 0. The van der Waals surface area contributed by atoms with Crippen LogP contribution in [-0.4, -0.2) is 13.5 Å². The summed E-state index contributed by atoms with van der Waals surface area (Å²) in [6, 6.07) is 17.1. The van der Waals surface area contributed by atoms with Gasteiger partial charge in [0.05, 0.1) is 10.6 Å². The summed E-state index contributed by atoms with van der Waals surface area (Å²) < 4.78 is 27.6. The van der Waals surface area contributed by atoms with Crippen molar-refractivity contribution in [2.75, 3.05) is 4.72 Å². The fourth-order valence-corrected chi connectivity index (χ4v) is 3.55. The fraction of sp³-hybridized carbons (Fsp3) is 0.0588. The molecule has 0 aliphatic rings. The number of sulfonamides is 1. The van der Waals surface area contributed by atoms with Gasteiger partial charge in [-0.3, -0.25) is 4.72 Å². The third-order valence-electron chi connectivity index (χ3n) is 3.62. The molecule has 0 bridgehead atoms. The molecule has 0 radical (unpaired) electrons. The van der Waals surface area contributed by atoms with Gasteiger partial charge in [0.2, 0.25) is 0 Å². The number of hydrogen-bond acceptors (Lipinski definition) is 4. The lowest BCUT2D eigenvalue weighted by molar-refractivity contribution is 0.477. The van der Waals surface area contributed by atoms with Crippen molar-refractivity contribution < 1.29 is 13.5 Å². The average molecular weight is 328 g/mol. The second kappa shape index (κ2) is 5.91. The van der Waals surface area contributed by atoms with E-state index in [1.807, 2.05) is 24.3 Å². The minimum absolute atomic E-state index is 0.114. The van der Waals surface area contributed by atoms with E-state index in [0.717, 1.165) is 10.8 Å². The van der Waals surface area contributed by atoms with Gasteiger partial charge in [-0.15, -0.1) is 0 Å². The van der Waals surface area contributed by atoms with Crippen LogP contribution in [0.25, 0.3) is 10.8 Å². The third-order valence-corrected chi connectivity index (χ3v) is 4.96. The zero-order valence-electron chi connectivity index (χ0n) is 12.2. The maximum atomic E-state index is 12.6. The molecule has 3 aromatic carbocycles. The second-order valence-electron chi connectivity index (χ2n) is 5.13. The van der Waals surface area contributed by atoms with Crippen LogP contribution in [0.2, 0.25) is 0 Å². The summed E-state index contributed by atoms with van der Waals surface area (Å²) in [7, 11) is -3.83. The highest BCUT2D eigenvalue weighted by Gasteiger charge is 2.18. The molecule has 0 atom stereocenters. The number of rotatable bonds is 4. The molecule has 0 saturated carbocycles. The van der Waals surface area contributed by atoms with Gasteiger partial charge in [-0.05, 0) is 34.5 Å². The van der Waals surface area contributed by atoms with Gasteiger partial charge in [0.1, 0.15) is 5.75 Å². The molecule has 0 aliphatic heterocycles. The normalized spacial score (nSPS) is 11.5. The number of phenols is 1. The Morgan fingerprint density at radius 2 is 1.70 bits per heavy atom. The van der Waals surface area contributed by atoms with E-state index >= 15 is 0 Å². The molecule has 0 heterocycles. The van der Waals surface area contributed by atoms with Crippen molar-refractivity contribution in [2.24, 2.45) is 5.73 Å². The molecule has 5 nitrogen and oxygen atoms in total. The van der Waals surface area contributed by atoms with Crippen molar-refractivity contribution >= 4 is 26.5 Å². The fourth-order valence-electron chi connectivity index (χ4n) is 2.40. The Labute approximate surface area is 134 Å². The van der Waals surface area contributed by atoms with Gasteiger partial charge in [-0.1, -0.05) is 42.5 Å². The summed E-state index contributed by atoms with van der Waals surface area (Å²) in [5, 5.41) is 11.7. The highest BCUT2D eigenvalue weighted by molar-refractivity contribution is 7.92. The Kier molecular flexibility index (Phi) is 3.94. The molecule has 4 N–H and O–H groups in total. The Hall–Kier alpha value is -2.57. The average Bonchev–Trinajstić information content (AvgIpc) is 2.56. The lowest BCUT2D eigenvalue weighted by Gasteiger charge is -2.13. The van der Waals surface area contributed by atoms with E-state index in [9.17, 15) is 13.5 Å². The van der Waals surface area contributed by atoms with Crippen LogP contribution in [0.3, 0.4) is 0 Å². The summed E-state index contributed by atoms with van der Waals surface area (Å²) in [6.45, 7) is 0.115. The molecular formula is C17H16N2O3S. The zero-order chi connectivity index (χ0) is 16.4. The number of aromatic hydroxyl groups is 1. The lowest BCUT2D eigenvalue weighted by atomic mass is 10.1. The highest BCUT2D eigenvalue weighted by atomic mass is 32.2. The second-order valence-corrected chi connectivity index (χ2v) is 6.81. The van der Waals surface area contributed by atoms with E-state index in [4.69, 9.17) is 5.73 Å². The largest absolute Gasteiger partial charge is 0.506 e. The smallest absolute Gasteiger partial charge is 0.262 e. The van der Waals surface area contributed by atoms with Crippen molar-refractivity contribution in [3.8, 4) is 5.75 Å². The van der Waals surface area contributed by atoms with Gasteiger partial charge >= 0.3 is 0 Å². The Morgan fingerprint density at radius 3 is 2.43 bits per heavy atom. The number of hydrogen-bond donors (Lipinski definition) is 3. The standard InChI is InChI=1S/C17H16N2O3S/c18-11-14-6-3-7-16(20)17(14)19-23(21,22)15-9-8-12-4-1-2-5-13(12)10-15/h1-10,19-20H,11,18H2. The van der Waals surface area contributed by atoms with Crippen LogP contribution < -0.4 is 10.5 Å². The van der Waals surface area contributed by atoms with E-state index in [2.05, 4.69) is 4.72 Å². The van der Waals surface area contributed by atoms with Crippen LogP contribution >= 0.6 is 0 Å². The van der Waals surface area contributed by atoms with Gasteiger partial charge in [0, 0.05) is 6.54 Å². The molecule has 0 saturated heterocycles. The van der Waals surface area contributed by atoms with E-state index < -0.39 is 10.0 Å². The van der Waals surface area contributed by atoms with Gasteiger partial charge in [0.25, 0.3) is 10.0 Å². The van der Waals surface area contributed by atoms with E-state index in [1.54, 1.807) is 24.3 Å².